The number of alkyl halides is 3. The quantitative estimate of drug-likeness (QED) is 0.191. The molecule has 0 spiro atoms. The van der Waals surface area contributed by atoms with Crippen molar-refractivity contribution in [1.82, 2.24) is 25.1 Å². The van der Waals surface area contributed by atoms with Crippen LogP contribution in [0.5, 0.6) is 5.75 Å². The average molecular weight is 724 g/mol. The Morgan fingerprint density at radius 2 is 1.67 bits per heavy atom. The van der Waals surface area contributed by atoms with Crippen LogP contribution in [0, 0.1) is 0 Å². The number of imide groups is 1. The van der Waals surface area contributed by atoms with Crippen molar-refractivity contribution < 1.29 is 41.8 Å². The second-order valence-electron chi connectivity index (χ2n) is 13.1. The van der Waals surface area contributed by atoms with E-state index in [9.17, 15) is 32.3 Å². The number of likely N-dealkylation sites (tertiary alicyclic amines) is 1. The fraction of sp³-hybridized carbons (Fsp3) is 0.444. The number of hydrogen-bond acceptors (Lipinski definition) is 11. The van der Waals surface area contributed by atoms with Crippen molar-refractivity contribution in [2.24, 2.45) is 0 Å². The highest BCUT2D eigenvalue weighted by molar-refractivity contribution is 6.21. The van der Waals surface area contributed by atoms with Crippen LogP contribution < -0.4 is 20.3 Å². The zero-order valence-corrected chi connectivity index (χ0v) is 28.9. The standard InChI is InChI=1S/C36H40F3N7O6/c1-3-51-30(47)21-45(25-8-4-5-9-25)31-23(20-46-33(49)26-10-6-7-11-27(26)34(46)50)19-40-35(43-31)42-28-13-12-22(18-29(28)52-36(37,38)39)32(48)41-24-14-16-44(2)17-15-24/h6-7,10-13,18-19,24-25H,3-5,8-9,14-17,20-21H2,1-2H3,(H,41,48)(H,40,42,43). The van der Waals surface area contributed by atoms with Crippen LogP contribution in [-0.4, -0.2) is 95.2 Å². The lowest BCUT2D eigenvalue weighted by Crippen LogP contribution is -2.43. The lowest BCUT2D eigenvalue weighted by atomic mass is 10.0. The number of anilines is 3. The lowest BCUT2D eigenvalue weighted by molar-refractivity contribution is -0.274. The molecule has 2 N–H and O–H groups in total. The third-order valence-electron chi connectivity index (χ3n) is 9.46. The molecule has 13 nitrogen and oxygen atoms in total. The van der Waals surface area contributed by atoms with Gasteiger partial charge in [-0.25, -0.2) is 4.98 Å². The summed E-state index contributed by atoms with van der Waals surface area (Å²) >= 11 is 0. The van der Waals surface area contributed by atoms with Crippen LogP contribution in [0.25, 0.3) is 0 Å². The maximum atomic E-state index is 13.6. The van der Waals surface area contributed by atoms with E-state index in [0.717, 1.165) is 49.7 Å². The van der Waals surface area contributed by atoms with E-state index in [1.807, 2.05) is 7.05 Å². The van der Waals surface area contributed by atoms with Crippen LogP contribution in [0.2, 0.25) is 0 Å². The summed E-state index contributed by atoms with van der Waals surface area (Å²) in [6.07, 6.45) is 0.949. The highest BCUT2D eigenvalue weighted by atomic mass is 19.4. The van der Waals surface area contributed by atoms with Crippen LogP contribution >= 0.6 is 0 Å². The van der Waals surface area contributed by atoms with Crippen molar-refractivity contribution in [3.05, 3.63) is 70.9 Å². The van der Waals surface area contributed by atoms with E-state index in [-0.39, 0.29) is 65.9 Å². The molecular formula is C36H40F3N7O6. The molecule has 2 aromatic carbocycles. The number of hydrogen-bond donors (Lipinski definition) is 2. The zero-order valence-electron chi connectivity index (χ0n) is 28.9. The number of nitrogens with one attached hydrogen (secondary N) is 2. The number of esters is 1. The third-order valence-corrected chi connectivity index (χ3v) is 9.46. The van der Waals surface area contributed by atoms with E-state index >= 15 is 0 Å². The highest BCUT2D eigenvalue weighted by Gasteiger charge is 2.37. The molecule has 2 aliphatic heterocycles. The molecule has 16 heteroatoms. The van der Waals surface area contributed by atoms with Crippen LogP contribution in [-0.2, 0) is 16.1 Å². The minimum Gasteiger partial charge on any atom is -0.465 e. The van der Waals surface area contributed by atoms with Crippen molar-refractivity contribution in [2.45, 2.75) is 70.4 Å². The molecule has 3 amide bonds. The molecule has 3 heterocycles. The normalized spacial score (nSPS) is 16.9. The van der Waals surface area contributed by atoms with Crippen molar-refractivity contribution in [3.63, 3.8) is 0 Å². The van der Waals surface area contributed by atoms with Gasteiger partial charge in [0, 0.05) is 29.4 Å². The summed E-state index contributed by atoms with van der Waals surface area (Å²) in [6, 6.07) is 9.84. The van der Waals surface area contributed by atoms with E-state index in [1.165, 1.54) is 18.3 Å². The van der Waals surface area contributed by atoms with Gasteiger partial charge in [0.05, 0.1) is 30.0 Å². The molecule has 276 valence electrons. The van der Waals surface area contributed by atoms with Gasteiger partial charge in [0.2, 0.25) is 5.95 Å². The molecule has 0 radical (unpaired) electrons. The van der Waals surface area contributed by atoms with Gasteiger partial charge >= 0.3 is 12.3 Å². The summed E-state index contributed by atoms with van der Waals surface area (Å²) in [4.78, 5) is 66.5. The molecule has 2 fully saturated rings. The molecule has 1 aliphatic carbocycles. The first-order valence-electron chi connectivity index (χ1n) is 17.3. The third kappa shape index (κ3) is 8.44. The van der Waals surface area contributed by atoms with E-state index < -0.39 is 35.8 Å². The van der Waals surface area contributed by atoms with E-state index in [4.69, 9.17) is 4.74 Å². The minimum absolute atomic E-state index is 0.0246. The van der Waals surface area contributed by atoms with Crippen LogP contribution in [0.1, 0.15) is 82.1 Å². The summed E-state index contributed by atoms with van der Waals surface area (Å²) in [7, 11) is 1.98. The number of piperidine rings is 1. The second kappa shape index (κ2) is 15.6. The molecule has 0 atom stereocenters. The maximum absolute atomic E-state index is 13.6. The van der Waals surface area contributed by atoms with Crippen molar-refractivity contribution in [3.8, 4) is 5.75 Å². The Morgan fingerprint density at radius 1 is 1.00 bits per heavy atom. The monoisotopic (exact) mass is 723 g/mol. The first kappa shape index (κ1) is 36.5. The molecule has 0 unspecified atom stereocenters. The van der Waals surface area contributed by atoms with Crippen molar-refractivity contribution >= 4 is 41.1 Å². The second-order valence-corrected chi connectivity index (χ2v) is 13.1. The number of halogens is 3. The topological polar surface area (TPSA) is 146 Å². The molecule has 1 saturated carbocycles. The number of carbonyl (C=O) groups excluding carboxylic acids is 4. The van der Waals surface area contributed by atoms with Gasteiger partial charge in [0.1, 0.15) is 12.4 Å². The predicted octanol–water partition coefficient (Wildman–Crippen LogP) is 5.05. The summed E-state index contributed by atoms with van der Waals surface area (Å²) in [5.74, 6) is -2.67. The van der Waals surface area contributed by atoms with E-state index in [2.05, 4.69) is 30.2 Å². The Morgan fingerprint density at radius 3 is 2.31 bits per heavy atom. The summed E-state index contributed by atoms with van der Waals surface area (Å²) < 4.78 is 50.5. The van der Waals surface area contributed by atoms with Gasteiger partial charge in [-0.05, 0) is 83.1 Å². The maximum Gasteiger partial charge on any atom is 0.573 e. The Labute approximate surface area is 298 Å². The number of fused-ring (bicyclic) bond motifs is 1. The smallest absolute Gasteiger partial charge is 0.465 e. The zero-order chi connectivity index (χ0) is 37.0. The number of rotatable bonds is 12. The molecule has 1 aromatic heterocycles. The summed E-state index contributed by atoms with van der Waals surface area (Å²) in [5, 5.41) is 5.68. The van der Waals surface area contributed by atoms with Gasteiger partial charge in [-0.1, -0.05) is 25.0 Å². The van der Waals surface area contributed by atoms with Gasteiger partial charge in [0.15, 0.2) is 5.75 Å². The van der Waals surface area contributed by atoms with Crippen LogP contribution in [0.15, 0.2) is 48.7 Å². The van der Waals surface area contributed by atoms with Crippen LogP contribution in [0.3, 0.4) is 0 Å². The number of aromatic nitrogens is 2. The SMILES string of the molecule is CCOC(=O)CN(c1nc(Nc2ccc(C(=O)NC3CCN(C)CC3)cc2OC(F)(F)F)ncc1CN1C(=O)c2ccccc2C1=O)C1CCCC1. The number of nitrogens with zero attached hydrogens (tertiary/aromatic N) is 5. The average Bonchev–Trinajstić information content (AvgIpc) is 3.73. The number of amides is 3. The van der Waals surface area contributed by atoms with Gasteiger partial charge in [-0.2, -0.15) is 4.98 Å². The van der Waals surface area contributed by atoms with E-state index in [0.29, 0.717) is 18.4 Å². The van der Waals surface area contributed by atoms with Gasteiger partial charge in [0.25, 0.3) is 17.7 Å². The number of carbonyl (C=O) groups is 4. The summed E-state index contributed by atoms with van der Waals surface area (Å²) in [6.45, 7) is 2.97. The molecule has 0 bridgehead atoms. The first-order chi connectivity index (χ1) is 24.9. The Hall–Kier alpha value is -5.25. The molecule has 6 rings (SSSR count). The molecule has 3 aromatic rings. The number of ether oxygens (including phenoxy) is 2. The fourth-order valence-corrected chi connectivity index (χ4v) is 6.83. The number of benzene rings is 2. The predicted molar refractivity (Wildman–Crippen MR) is 183 cm³/mol. The Balaban J connectivity index is 1.34. The molecule has 3 aliphatic rings. The van der Waals surface area contributed by atoms with Gasteiger partial charge in [-0.15, -0.1) is 13.2 Å². The molecular weight excluding hydrogens is 683 g/mol. The Bertz CT molecular complexity index is 1790. The highest BCUT2D eigenvalue weighted by Crippen LogP contribution is 2.36. The lowest BCUT2D eigenvalue weighted by Gasteiger charge is -2.31. The van der Waals surface area contributed by atoms with E-state index in [1.54, 1.807) is 36.1 Å². The van der Waals surface area contributed by atoms with Crippen molar-refractivity contribution in [2.75, 3.05) is 43.5 Å². The summed E-state index contributed by atoms with van der Waals surface area (Å²) in [5.41, 5.74) is 0.652. The minimum atomic E-state index is -5.08. The first-order valence-corrected chi connectivity index (χ1v) is 17.3. The largest absolute Gasteiger partial charge is 0.573 e. The van der Waals surface area contributed by atoms with Gasteiger partial charge < -0.3 is 29.9 Å². The molecule has 52 heavy (non-hydrogen) atoms. The fourth-order valence-electron chi connectivity index (χ4n) is 6.83. The van der Waals surface area contributed by atoms with Crippen molar-refractivity contribution in [1.29, 1.82) is 0 Å². The van der Waals surface area contributed by atoms with Gasteiger partial charge in [-0.3, -0.25) is 24.1 Å². The Kier molecular flexibility index (Phi) is 10.9. The molecule has 1 saturated heterocycles. The van der Waals surface area contributed by atoms with Crippen LogP contribution in [0.4, 0.5) is 30.6 Å².